The van der Waals surface area contributed by atoms with Gasteiger partial charge in [-0.15, -0.1) is 0 Å². The van der Waals surface area contributed by atoms with E-state index in [2.05, 4.69) is 19.9 Å². The summed E-state index contributed by atoms with van der Waals surface area (Å²) >= 11 is 5.91. The summed E-state index contributed by atoms with van der Waals surface area (Å²) in [6, 6.07) is 5.01. The van der Waals surface area contributed by atoms with E-state index in [0.29, 0.717) is 28.5 Å². The Kier molecular flexibility index (Phi) is 4.93. The first-order chi connectivity index (χ1) is 14.5. The zero-order chi connectivity index (χ0) is 22.6. The van der Waals surface area contributed by atoms with E-state index >= 15 is 0 Å². The third kappa shape index (κ3) is 3.83. The van der Waals surface area contributed by atoms with Gasteiger partial charge >= 0.3 is 0 Å². The van der Waals surface area contributed by atoms with Crippen LogP contribution in [0.5, 0.6) is 0 Å². The maximum Gasteiger partial charge on any atom is 0.263 e. The Morgan fingerprint density at radius 3 is 2.23 bits per heavy atom. The minimum absolute atomic E-state index is 0.142. The number of hydrogen-bond acceptors (Lipinski definition) is 6. The molecule has 4 rings (SSSR count). The lowest BCUT2D eigenvalue weighted by molar-refractivity contribution is 0.339. The molecule has 160 valence electrons. The molecule has 8 nitrogen and oxygen atoms in total. The van der Waals surface area contributed by atoms with Crippen LogP contribution in [0.3, 0.4) is 0 Å². The zero-order valence-electron chi connectivity index (χ0n) is 18.0. The molecule has 0 aliphatic carbocycles. The first-order valence-corrected chi connectivity index (χ1v) is 10.3. The molecule has 4 aromatic heterocycles. The van der Waals surface area contributed by atoms with E-state index in [-0.39, 0.29) is 16.3 Å². The van der Waals surface area contributed by atoms with Crippen LogP contribution in [-0.4, -0.2) is 29.1 Å². The third-order valence-corrected chi connectivity index (χ3v) is 5.48. The molecule has 0 saturated heterocycles. The van der Waals surface area contributed by atoms with Crippen molar-refractivity contribution in [1.29, 1.82) is 0 Å². The molecule has 0 radical (unpaired) electrons. The number of halogens is 1. The summed E-state index contributed by atoms with van der Waals surface area (Å²) in [4.78, 5) is 43.2. The summed E-state index contributed by atoms with van der Waals surface area (Å²) < 4.78 is 3.17. The van der Waals surface area contributed by atoms with E-state index in [1.165, 1.54) is 12.7 Å². The van der Waals surface area contributed by atoms with Gasteiger partial charge in [-0.3, -0.25) is 18.7 Å². The predicted molar refractivity (Wildman–Crippen MR) is 121 cm³/mol. The summed E-state index contributed by atoms with van der Waals surface area (Å²) in [6.45, 7) is 9.72. The van der Waals surface area contributed by atoms with Gasteiger partial charge in [-0.1, -0.05) is 11.6 Å². The highest BCUT2D eigenvalue weighted by atomic mass is 35.5. The lowest BCUT2D eigenvalue weighted by Gasteiger charge is -2.27. The molecule has 0 aliphatic rings. The van der Waals surface area contributed by atoms with Crippen molar-refractivity contribution in [3.05, 3.63) is 68.5 Å². The molecule has 4 aromatic rings. The van der Waals surface area contributed by atoms with Gasteiger partial charge in [-0.05, 0) is 64.8 Å². The van der Waals surface area contributed by atoms with Crippen LogP contribution in [0.25, 0.3) is 22.1 Å². The van der Waals surface area contributed by atoms with E-state index < -0.39 is 11.1 Å². The topological polar surface area (TPSA) is 95.6 Å². The predicted octanol–water partition coefficient (Wildman–Crippen LogP) is 3.28. The molecule has 0 unspecified atom stereocenters. The van der Waals surface area contributed by atoms with Gasteiger partial charge in [-0.2, -0.15) is 0 Å². The monoisotopic (exact) mass is 438 g/mol. The Balaban J connectivity index is 1.77. The lowest BCUT2D eigenvalue weighted by Crippen LogP contribution is -2.38. The van der Waals surface area contributed by atoms with Crippen LogP contribution < -0.4 is 11.1 Å². The molecule has 0 saturated carbocycles. The number of rotatable bonds is 3. The molecular weight excluding hydrogens is 416 g/mol. The molecular formula is C22H23ClN6O2. The highest BCUT2D eigenvalue weighted by Crippen LogP contribution is 2.22. The molecule has 0 aliphatic heterocycles. The van der Waals surface area contributed by atoms with E-state index in [4.69, 9.17) is 11.6 Å². The second kappa shape index (κ2) is 7.23. The average molecular weight is 439 g/mol. The fourth-order valence-electron chi connectivity index (χ4n) is 3.63. The van der Waals surface area contributed by atoms with Crippen LogP contribution in [0.4, 0.5) is 0 Å². The summed E-state index contributed by atoms with van der Waals surface area (Å²) in [5, 5.41) is 1.13. The Bertz CT molecular complexity index is 1430. The molecule has 0 aromatic carbocycles. The standard InChI is InChI=1S/C22H23ClN6O2/c1-21(2,3)28-11-25-17-15(20(28)31)8-13(10-24-17)9-22(4,5)29-12-26-18-14(19(29)30)6-7-16(23)27-18/h6-8,10-12H,9H2,1-5H3. The SMILES string of the molecule is CC(C)(C)n1cnc2ncc(CC(C)(C)n3cnc4nc(Cl)ccc4c3=O)cc2c1=O. The van der Waals surface area contributed by atoms with Crippen LogP contribution in [0.2, 0.25) is 5.15 Å². The molecule has 0 fully saturated rings. The van der Waals surface area contributed by atoms with Crippen molar-refractivity contribution >= 4 is 33.7 Å². The summed E-state index contributed by atoms with van der Waals surface area (Å²) in [6.07, 6.45) is 5.17. The Morgan fingerprint density at radius 2 is 1.52 bits per heavy atom. The smallest absolute Gasteiger partial charge is 0.263 e. The zero-order valence-corrected chi connectivity index (χ0v) is 18.8. The minimum Gasteiger partial charge on any atom is -0.293 e. The van der Waals surface area contributed by atoms with Crippen molar-refractivity contribution in [3.8, 4) is 0 Å². The molecule has 0 atom stereocenters. The van der Waals surface area contributed by atoms with Crippen molar-refractivity contribution in [1.82, 2.24) is 29.1 Å². The number of aromatic nitrogens is 6. The normalized spacial score (nSPS) is 12.6. The number of nitrogens with zero attached hydrogens (tertiary/aromatic N) is 6. The van der Waals surface area contributed by atoms with Crippen molar-refractivity contribution < 1.29 is 0 Å². The first-order valence-electron chi connectivity index (χ1n) is 9.88. The summed E-state index contributed by atoms with van der Waals surface area (Å²) in [5.74, 6) is 0. The molecule has 0 amide bonds. The largest absolute Gasteiger partial charge is 0.293 e. The Morgan fingerprint density at radius 1 is 0.871 bits per heavy atom. The van der Waals surface area contributed by atoms with Gasteiger partial charge in [0.05, 0.1) is 10.8 Å². The van der Waals surface area contributed by atoms with Crippen molar-refractivity contribution in [2.75, 3.05) is 0 Å². The highest BCUT2D eigenvalue weighted by molar-refractivity contribution is 6.29. The molecule has 0 N–H and O–H groups in total. The quantitative estimate of drug-likeness (QED) is 0.455. The Labute approximate surface area is 183 Å². The summed E-state index contributed by atoms with van der Waals surface area (Å²) in [7, 11) is 0. The van der Waals surface area contributed by atoms with Gasteiger partial charge in [0.2, 0.25) is 0 Å². The van der Waals surface area contributed by atoms with Crippen LogP contribution in [-0.2, 0) is 17.5 Å². The van der Waals surface area contributed by atoms with E-state index in [1.54, 1.807) is 27.5 Å². The van der Waals surface area contributed by atoms with Gasteiger partial charge in [0.1, 0.15) is 17.8 Å². The maximum atomic E-state index is 13.1. The second-order valence-electron chi connectivity index (χ2n) is 9.22. The fraction of sp³-hybridized carbons (Fsp3) is 0.364. The average Bonchev–Trinajstić information content (AvgIpc) is 2.67. The lowest BCUT2D eigenvalue weighted by atomic mass is 9.95. The minimum atomic E-state index is -0.626. The van der Waals surface area contributed by atoms with Crippen LogP contribution in [0.1, 0.15) is 40.2 Å². The fourth-order valence-corrected chi connectivity index (χ4v) is 3.77. The van der Waals surface area contributed by atoms with Gasteiger partial charge < -0.3 is 0 Å². The Hall–Kier alpha value is -3.13. The number of fused-ring (bicyclic) bond motifs is 2. The summed E-state index contributed by atoms with van der Waals surface area (Å²) in [5.41, 5.74) is 0.170. The van der Waals surface area contributed by atoms with E-state index in [0.717, 1.165) is 5.56 Å². The molecule has 4 heterocycles. The molecule has 31 heavy (non-hydrogen) atoms. The van der Waals surface area contributed by atoms with Gasteiger partial charge in [-0.25, -0.2) is 19.9 Å². The number of hydrogen-bond donors (Lipinski definition) is 0. The van der Waals surface area contributed by atoms with E-state index in [1.807, 2.05) is 40.7 Å². The van der Waals surface area contributed by atoms with Crippen molar-refractivity contribution in [3.63, 3.8) is 0 Å². The number of pyridine rings is 2. The maximum absolute atomic E-state index is 13.1. The molecule has 0 spiro atoms. The van der Waals surface area contributed by atoms with Gasteiger partial charge in [0, 0.05) is 17.3 Å². The van der Waals surface area contributed by atoms with Crippen molar-refractivity contribution in [2.24, 2.45) is 0 Å². The van der Waals surface area contributed by atoms with Crippen LogP contribution >= 0.6 is 11.6 Å². The van der Waals surface area contributed by atoms with Gasteiger partial charge in [0.25, 0.3) is 11.1 Å². The van der Waals surface area contributed by atoms with Gasteiger partial charge in [0.15, 0.2) is 11.3 Å². The van der Waals surface area contributed by atoms with E-state index in [9.17, 15) is 9.59 Å². The van der Waals surface area contributed by atoms with Crippen molar-refractivity contribution in [2.45, 2.75) is 52.1 Å². The first kappa shape index (κ1) is 21.1. The van der Waals surface area contributed by atoms with Crippen LogP contribution in [0.15, 0.2) is 46.6 Å². The third-order valence-electron chi connectivity index (χ3n) is 5.27. The molecule has 0 bridgehead atoms. The molecule has 9 heteroatoms. The highest BCUT2D eigenvalue weighted by Gasteiger charge is 2.25. The van der Waals surface area contributed by atoms with Crippen LogP contribution in [0, 0.1) is 0 Å². The second-order valence-corrected chi connectivity index (χ2v) is 9.61.